The van der Waals surface area contributed by atoms with Crippen molar-refractivity contribution in [3.63, 3.8) is 0 Å². The number of aromatic nitrogens is 1. The van der Waals surface area contributed by atoms with Crippen molar-refractivity contribution in [1.82, 2.24) is 4.98 Å². The molecule has 0 unspecified atom stereocenters. The van der Waals surface area contributed by atoms with Crippen molar-refractivity contribution in [3.05, 3.63) is 41.8 Å². The van der Waals surface area contributed by atoms with Gasteiger partial charge in [0.2, 0.25) is 0 Å². The van der Waals surface area contributed by atoms with E-state index in [0.29, 0.717) is 16.5 Å². The number of fused-ring (bicyclic) bond motifs is 1. The predicted molar refractivity (Wildman–Crippen MR) is 59.0 cm³/mol. The van der Waals surface area contributed by atoms with Gasteiger partial charge in [0.15, 0.2) is 0 Å². The summed E-state index contributed by atoms with van der Waals surface area (Å²) in [5, 5.41) is 8.85. The first-order valence-corrected chi connectivity index (χ1v) is 5.00. The molecule has 1 aromatic heterocycles. The highest BCUT2D eigenvalue weighted by atomic mass is 19.1. The Balaban J connectivity index is 2.28. The molecule has 2 aromatic rings. The minimum absolute atomic E-state index is 0.0973. The third-order valence-electron chi connectivity index (χ3n) is 2.28. The van der Waals surface area contributed by atoms with E-state index in [1.807, 2.05) is 0 Å². The Kier molecular flexibility index (Phi) is 3.30. The van der Waals surface area contributed by atoms with E-state index in [1.165, 1.54) is 6.07 Å². The molecule has 0 saturated heterocycles. The summed E-state index contributed by atoms with van der Waals surface area (Å²) in [6.07, 6.45) is 1.56. The van der Waals surface area contributed by atoms with Crippen molar-refractivity contribution < 1.29 is 19.0 Å². The van der Waals surface area contributed by atoms with Gasteiger partial charge in [-0.25, -0.2) is 9.18 Å². The quantitative estimate of drug-likeness (QED) is 0.880. The maximum absolute atomic E-state index is 13.4. The van der Waals surface area contributed by atoms with E-state index in [9.17, 15) is 9.18 Å². The lowest BCUT2D eigenvalue weighted by molar-refractivity contribution is -0.142. The average molecular weight is 235 g/mol. The molecule has 0 aliphatic carbocycles. The van der Waals surface area contributed by atoms with E-state index in [-0.39, 0.29) is 19.0 Å². The lowest BCUT2D eigenvalue weighted by atomic mass is 10.1. The number of hydrogen-bond donors (Lipinski definition) is 1. The summed E-state index contributed by atoms with van der Waals surface area (Å²) < 4.78 is 18.4. The van der Waals surface area contributed by atoms with Crippen LogP contribution >= 0.6 is 0 Å². The van der Waals surface area contributed by atoms with Crippen molar-refractivity contribution in [2.24, 2.45) is 0 Å². The fourth-order valence-electron chi connectivity index (χ4n) is 1.56. The number of halogens is 1. The summed E-state index contributed by atoms with van der Waals surface area (Å²) >= 11 is 0. The number of carbonyl (C=O) groups is 1. The monoisotopic (exact) mass is 235 g/mol. The molecule has 0 atom stereocenters. The van der Waals surface area contributed by atoms with Crippen molar-refractivity contribution in [2.45, 2.75) is 6.61 Å². The van der Waals surface area contributed by atoms with Gasteiger partial charge in [-0.15, -0.1) is 0 Å². The van der Waals surface area contributed by atoms with Crippen molar-refractivity contribution in [2.75, 3.05) is 6.61 Å². The number of carboxylic acids is 1. The predicted octanol–water partition coefficient (Wildman–Crippen LogP) is 1.98. The van der Waals surface area contributed by atoms with Crippen LogP contribution in [0, 0.1) is 5.82 Å². The Bertz CT molecular complexity index is 556. The molecule has 17 heavy (non-hydrogen) atoms. The molecule has 88 valence electrons. The van der Waals surface area contributed by atoms with Crippen LogP contribution in [0.2, 0.25) is 0 Å². The van der Waals surface area contributed by atoms with Gasteiger partial charge in [-0.1, -0.05) is 6.07 Å². The molecule has 0 aliphatic rings. The highest BCUT2D eigenvalue weighted by Crippen LogP contribution is 2.20. The zero-order chi connectivity index (χ0) is 12.3. The molecule has 0 bridgehead atoms. The van der Waals surface area contributed by atoms with Gasteiger partial charge < -0.3 is 9.84 Å². The maximum atomic E-state index is 13.4. The topological polar surface area (TPSA) is 59.4 Å². The van der Waals surface area contributed by atoms with Gasteiger partial charge in [-0.05, 0) is 18.2 Å². The third kappa shape index (κ3) is 2.57. The Hall–Kier alpha value is -2.01. The number of benzene rings is 1. The Labute approximate surface area is 96.7 Å². The van der Waals surface area contributed by atoms with Gasteiger partial charge in [-0.3, -0.25) is 4.98 Å². The normalized spacial score (nSPS) is 10.6. The largest absolute Gasteiger partial charge is 0.480 e. The van der Waals surface area contributed by atoms with E-state index in [2.05, 4.69) is 4.98 Å². The number of carboxylic acid groups (broad SMARTS) is 1. The molecule has 0 amide bonds. The molecule has 0 fully saturated rings. The van der Waals surface area contributed by atoms with Crippen molar-refractivity contribution in [1.29, 1.82) is 0 Å². The van der Waals surface area contributed by atoms with Crippen LogP contribution < -0.4 is 0 Å². The second-order valence-electron chi connectivity index (χ2n) is 3.49. The van der Waals surface area contributed by atoms with E-state index >= 15 is 0 Å². The molecule has 1 aromatic carbocycles. The number of rotatable bonds is 4. The minimum atomic E-state index is -1.04. The minimum Gasteiger partial charge on any atom is -0.480 e. The van der Waals surface area contributed by atoms with Crippen LogP contribution in [0.1, 0.15) is 5.56 Å². The number of hydrogen-bond acceptors (Lipinski definition) is 3. The molecule has 0 aliphatic heterocycles. The first-order valence-electron chi connectivity index (χ1n) is 5.00. The van der Waals surface area contributed by atoms with Crippen molar-refractivity contribution in [3.8, 4) is 0 Å². The van der Waals surface area contributed by atoms with E-state index in [0.717, 1.165) is 0 Å². The number of pyridine rings is 1. The second-order valence-corrected chi connectivity index (χ2v) is 3.49. The van der Waals surface area contributed by atoms with Gasteiger partial charge in [0, 0.05) is 17.1 Å². The molecule has 1 N–H and O–H groups in total. The summed E-state index contributed by atoms with van der Waals surface area (Å²) in [5.74, 6) is -1.39. The van der Waals surface area contributed by atoms with E-state index < -0.39 is 5.97 Å². The highest BCUT2D eigenvalue weighted by Gasteiger charge is 2.07. The smallest absolute Gasteiger partial charge is 0.329 e. The summed E-state index contributed by atoms with van der Waals surface area (Å²) in [4.78, 5) is 14.4. The highest BCUT2D eigenvalue weighted by molar-refractivity contribution is 5.82. The molecule has 0 spiro atoms. The van der Waals surface area contributed by atoms with Crippen LogP contribution in [0.25, 0.3) is 10.9 Å². The SMILES string of the molecule is O=C(O)COCc1ccc(F)c2cccnc12. The summed E-state index contributed by atoms with van der Waals surface area (Å²) in [7, 11) is 0. The van der Waals surface area contributed by atoms with Crippen LogP contribution in [0.15, 0.2) is 30.5 Å². The second kappa shape index (κ2) is 4.88. The maximum Gasteiger partial charge on any atom is 0.329 e. The molecular weight excluding hydrogens is 225 g/mol. The van der Waals surface area contributed by atoms with Gasteiger partial charge >= 0.3 is 5.97 Å². The first-order chi connectivity index (χ1) is 8.18. The lowest BCUT2D eigenvalue weighted by Crippen LogP contribution is -2.07. The van der Waals surface area contributed by atoms with Gasteiger partial charge in [0.1, 0.15) is 12.4 Å². The molecule has 0 saturated carbocycles. The number of ether oxygens (including phenoxy) is 1. The zero-order valence-corrected chi connectivity index (χ0v) is 8.89. The average Bonchev–Trinajstić information content (AvgIpc) is 2.32. The van der Waals surface area contributed by atoms with Crippen LogP contribution in [0.3, 0.4) is 0 Å². The molecule has 1 heterocycles. The lowest BCUT2D eigenvalue weighted by Gasteiger charge is -2.06. The third-order valence-corrected chi connectivity index (χ3v) is 2.28. The number of aliphatic carboxylic acids is 1. The van der Waals surface area contributed by atoms with Crippen LogP contribution in [0.4, 0.5) is 4.39 Å². The summed E-state index contributed by atoms with van der Waals surface area (Å²) in [5.41, 5.74) is 1.17. The summed E-state index contributed by atoms with van der Waals surface area (Å²) in [6, 6.07) is 6.14. The fraction of sp³-hybridized carbons (Fsp3) is 0.167. The number of nitrogens with zero attached hydrogens (tertiary/aromatic N) is 1. The molecule has 0 radical (unpaired) electrons. The van der Waals surface area contributed by atoms with Crippen LogP contribution in [-0.2, 0) is 16.1 Å². The fourth-order valence-corrected chi connectivity index (χ4v) is 1.56. The van der Waals surface area contributed by atoms with E-state index in [4.69, 9.17) is 9.84 Å². The van der Waals surface area contributed by atoms with Crippen molar-refractivity contribution >= 4 is 16.9 Å². The van der Waals surface area contributed by atoms with Crippen LogP contribution in [0.5, 0.6) is 0 Å². The molecule has 2 rings (SSSR count). The Morgan fingerprint density at radius 3 is 3.00 bits per heavy atom. The molecule has 5 heteroatoms. The van der Waals surface area contributed by atoms with Gasteiger partial charge in [-0.2, -0.15) is 0 Å². The van der Waals surface area contributed by atoms with E-state index in [1.54, 1.807) is 24.4 Å². The standard InChI is InChI=1S/C12H10FNO3/c13-10-4-3-8(6-17-7-11(15)16)12-9(10)2-1-5-14-12/h1-5H,6-7H2,(H,15,16). The Morgan fingerprint density at radius 2 is 2.24 bits per heavy atom. The zero-order valence-electron chi connectivity index (χ0n) is 8.89. The molecular formula is C12H10FNO3. The van der Waals surface area contributed by atoms with Gasteiger partial charge in [0.25, 0.3) is 0 Å². The first kappa shape index (κ1) is 11.5. The Morgan fingerprint density at radius 1 is 1.41 bits per heavy atom. The molecule has 4 nitrogen and oxygen atoms in total. The summed E-state index contributed by atoms with van der Waals surface area (Å²) in [6.45, 7) is -0.286. The van der Waals surface area contributed by atoms with Gasteiger partial charge in [0.05, 0.1) is 12.1 Å². The van der Waals surface area contributed by atoms with Crippen LogP contribution in [-0.4, -0.2) is 22.7 Å².